The molecule has 4 fully saturated rings. The molecule has 1 aromatic heterocycles. The van der Waals surface area contributed by atoms with Gasteiger partial charge in [-0.1, -0.05) is 6.07 Å². The van der Waals surface area contributed by atoms with Crippen LogP contribution in [0.4, 0.5) is 11.5 Å². The number of benzene rings is 1. The average molecular weight is 481 g/mol. The molecular formula is C26H32N4O3S. The number of hydrogen-bond donors (Lipinski definition) is 0. The van der Waals surface area contributed by atoms with Gasteiger partial charge in [0, 0.05) is 44.5 Å². The van der Waals surface area contributed by atoms with Gasteiger partial charge in [0.05, 0.1) is 11.4 Å². The van der Waals surface area contributed by atoms with E-state index >= 15 is 0 Å². The van der Waals surface area contributed by atoms with Crippen molar-refractivity contribution >= 4 is 27.4 Å². The third-order valence-electron chi connectivity index (χ3n) is 7.60. The summed E-state index contributed by atoms with van der Waals surface area (Å²) in [4.78, 5) is 22.3. The first kappa shape index (κ1) is 21.9. The number of piperazine rings is 1. The lowest BCUT2D eigenvalue weighted by atomic mass is 10.1. The quantitative estimate of drug-likeness (QED) is 0.652. The van der Waals surface area contributed by atoms with Crippen LogP contribution in [0.3, 0.4) is 0 Å². The van der Waals surface area contributed by atoms with Crippen LogP contribution in [0, 0.1) is 0 Å². The number of anilines is 2. The molecule has 0 atom stereocenters. The zero-order valence-electron chi connectivity index (χ0n) is 19.5. The lowest BCUT2D eigenvalue weighted by Crippen LogP contribution is -2.49. The summed E-state index contributed by atoms with van der Waals surface area (Å²) < 4.78 is 26.2. The Bertz CT molecular complexity index is 1180. The second-order valence-electron chi connectivity index (χ2n) is 10.2. The van der Waals surface area contributed by atoms with Gasteiger partial charge in [-0.25, -0.2) is 13.4 Å². The summed E-state index contributed by atoms with van der Waals surface area (Å²) in [7, 11) is -3.25. The van der Waals surface area contributed by atoms with E-state index in [1.807, 2.05) is 4.90 Å². The Kier molecular flexibility index (Phi) is 5.51. The number of carbonyl (C=O) groups is 1. The standard InChI is InChI=1S/C26H32N4O3S/c31-26(21-7-9-23(10-8-21)30-11-1-2-16-34(30,32)33)29-14-12-28(13-15-29)25-24(20-5-6-20)17-22(18-27-25)19-3-4-19/h7-10,17-20H,1-6,11-16H2. The van der Waals surface area contributed by atoms with E-state index in [1.54, 1.807) is 24.3 Å². The van der Waals surface area contributed by atoms with Crippen molar-refractivity contribution in [2.24, 2.45) is 0 Å². The maximum atomic E-state index is 13.1. The molecule has 1 amide bonds. The molecule has 2 aliphatic carbocycles. The zero-order valence-corrected chi connectivity index (χ0v) is 20.3. The predicted octanol–water partition coefficient (Wildman–Crippen LogP) is 3.73. The maximum absolute atomic E-state index is 13.1. The molecule has 3 heterocycles. The summed E-state index contributed by atoms with van der Waals surface area (Å²) >= 11 is 0. The molecule has 0 unspecified atom stereocenters. The lowest BCUT2D eigenvalue weighted by molar-refractivity contribution is 0.0746. The molecule has 2 saturated heterocycles. The third-order valence-corrected chi connectivity index (χ3v) is 9.47. The largest absolute Gasteiger partial charge is 0.353 e. The molecule has 2 aliphatic heterocycles. The molecule has 2 aromatic rings. The van der Waals surface area contributed by atoms with Gasteiger partial charge < -0.3 is 9.80 Å². The topological polar surface area (TPSA) is 73.8 Å². The van der Waals surface area contributed by atoms with Crippen molar-refractivity contribution < 1.29 is 13.2 Å². The van der Waals surface area contributed by atoms with Gasteiger partial charge in [0.2, 0.25) is 10.0 Å². The Labute approximate surface area is 201 Å². The van der Waals surface area contributed by atoms with Crippen LogP contribution in [-0.4, -0.2) is 62.7 Å². The van der Waals surface area contributed by atoms with Crippen LogP contribution < -0.4 is 9.21 Å². The first-order valence-electron chi connectivity index (χ1n) is 12.6. The van der Waals surface area contributed by atoms with Crippen LogP contribution in [0.5, 0.6) is 0 Å². The molecular weight excluding hydrogens is 448 g/mol. The van der Waals surface area contributed by atoms with E-state index in [0.29, 0.717) is 43.2 Å². The van der Waals surface area contributed by atoms with Gasteiger partial charge in [-0.2, -0.15) is 0 Å². The highest BCUT2D eigenvalue weighted by Crippen LogP contribution is 2.47. The smallest absolute Gasteiger partial charge is 0.253 e. The summed E-state index contributed by atoms with van der Waals surface area (Å²) in [5.41, 5.74) is 4.07. The fourth-order valence-electron chi connectivity index (χ4n) is 5.24. The highest BCUT2D eigenvalue weighted by atomic mass is 32.2. The van der Waals surface area contributed by atoms with E-state index in [4.69, 9.17) is 4.98 Å². The molecule has 2 saturated carbocycles. The minimum absolute atomic E-state index is 0.00663. The van der Waals surface area contributed by atoms with Crippen LogP contribution in [0.25, 0.3) is 0 Å². The Morgan fingerprint density at radius 3 is 2.24 bits per heavy atom. The minimum Gasteiger partial charge on any atom is -0.353 e. The maximum Gasteiger partial charge on any atom is 0.253 e. The van der Waals surface area contributed by atoms with Crippen molar-refractivity contribution in [3.8, 4) is 0 Å². The molecule has 0 spiro atoms. The van der Waals surface area contributed by atoms with Crippen molar-refractivity contribution in [1.82, 2.24) is 9.88 Å². The van der Waals surface area contributed by atoms with E-state index in [2.05, 4.69) is 17.2 Å². The van der Waals surface area contributed by atoms with Crippen molar-refractivity contribution in [3.63, 3.8) is 0 Å². The minimum atomic E-state index is -3.25. The number of hydrogen-bond acceptors (Lipinski definition) is 5. The molecule has 6 rings (SSSR count). The molecule has 34 heavy (non-hydrogen) atoms. The molecule has 1 aromatic carbocycles. The fourth-order valence-corrected chi connectivity index (χ4v) is 6.88. The van der Waals surface area contributed by atoms with Gasteiger partial charge in [-0.05, 0) is 85.8 Å². The van der Waals surface area contributed by atoms with Gasteiger partial charge in [0.1, 0.15) is 5.82 Å². The normalized spacial score (nSPS) is 22.6. The Hall–Kier alpha value is -2.61. The summed E-state index contributed by atoms with van der Waals surface area (Å²) in [6.45, 7) is 3.40. The van der Waals surface area contributed by atoms with Crippen LogP contribution in [-0.2, 0) is 10.0 Å². The van der Waals surface area contributed by atoms with Gasteiger partial charge in [-0.15, -0.1) is 0 Å². The third kappa shape index (κ3) is 4.28. The molecule has 0 N–H and O–H groups in total. The number of sulfonamides is 1. The summed E-state index contributed by atoms with van der Waals surface area (Å²) in [6.07, 6.45) is 8.75. The van der Waals surface area contributed by atoms with Gasteiger partial charge in [0.25, 0.3) is 5.91 Å². The molecule has 0 bridgehead atoms. The van der Waals surface area contributed by atoms with Crippen LogP contribution in [0.2, 0.25) is 0 Å². The van der Waals surface area contributed by atoms with Crippen LogP contribution in [0.15, 0.2) is 36.5 Å². The highest BCUT2D eigenvalue weighted by Gasteiger charge is 2.33. The van der Waals surface area contributed by atoms with E-state index in [9.17, 15) is 13.2 Å². The van der Waals surface area contributed by atoms with Crippen molar-refractivity contribution in [2.45, 2.75) is 50.4 Å². The van der Waals surface area contributed by atoms with Gasteiger partial charge in [0.15, 0.2) is 0 Å². The molecule has 4 aliphatic rings. The first-order chi connectivity index (χ1) is 16.5. The van der Waals surface area contributed by atoms with Crippen LogP contribution in [0.1, 0.15) is 71.8 Å². The van der Waals surface area contributed by atoms with Crippen molar-refractivity contribution in [1.29, 1.82) is 0 Å². The summed E-state index contributed by atoms with van der Waals surface area (Å²) in [6, 6.07) is 9.45. The predicted molar refractivity (Wildman–Crippen MR) is 133 cm³/mol. The SMILES string of the molecule is O=C(c1ccc(N2CCCCS2(=O)=O)cc1)N1CCN(c2ncc(C3CC3)cc2C2CC2)CC1. The monoisotopic (exact) mass is 480 g/mol. The number of nitrogens with zero attached hydrogens (tertiary/aromatic N) is 4. The van der Waals surface area contributed by atoms with Crippen molar-refractivity contribution in [3.05, 3.63) is 53.2 Å². The average Bonchev–Trinajstić information content (AvgIpc) is 3.77. The molecule has 8 heteroatoms. The highest BCUT2D eigenvalue weighted by molar-refractivity contribution is 7.92. The van der Waals surface area contributed by atoms with E-state index in [1.165, 1.54) is 41.1 Å². The second-order valence-corrected chi connectivity index (χ2v) is 12.2. The fraction of sp³-hybridized carbons (Fsp3) is 0.538. The Morgan fingerprint density at radius 2 is 1.59 bits per heavy atom. The Morgan fingerprint density at radius 1 is 0.882 bits per heavy atom. The van der Waals surface area contributed by atoms with Gasteiger partial charge in [-0.3, -0.25) is 9.10 Å². The summed E-state index contributed by atoms with van der Waals surface area (Å²) in [5.74, 6) is 2.69. The molecule has 180 valence electrons. The van der Waals surface area contributed by atoms with Crippen molar-refractivity contribution in [2.75, 3.05) is 47.7 Å². The first-order valence-corrected chi connectivity index (χ1v) is 14.2. The van der Waals surface area contributed by atoms with E-state index in [0.717, 1.165) is 31.2 Å². The number of carbonyl (C=O) groups excluding carboxylic acids is 1. The number of aromatic nitrogens is 1. The number of pyridine rings is 1. The van der Waals surface area contributed by atoms with E-state index < -0.39 is 10.0 Å². The second kappa shape index (κ2) is 8.56. The number of rotatable bonds is 5. The Balaban J connectivity index is 1.11. The van der Waals surface area contributed by atoms with Gasteiger partial charge >= 0.3 is 0 Å². The summed E-state index contributed by atoms with van der Waals surface area (Å²) in [5, 5.41) is 0. The molecule has 0 radical (unpaired) electrons. The van der Waals surface area contributed by atoms with Crippen LogP contribution >= 0.6 is 0 Å². The number of amides is 1. The molecule has 7 nitrogen and oxygen atoms in total. The zero-order chi connectivity index (χ0) is 23.3. The van der Waals surface area contributed by atoms with E-state index in [-0.39, 0.29) is 11.7 Å². The lowest BCUT2D eigenvalue weighted by Gasteiger charge is -2.36.